The molecule has 2 aromatic carbocycles. The van der Waals surface area contributed by atoms with Gasteiger partial charge in [0, 0.05) is 12.6 Å². The van der Waals surface area contributed by atoms with E-state index in [0.29, 0.717) is 18.0 Å². The van der Waals surface area contributed by atoms with Gasteiger partial charge in [0.1, 0.15) is 0 Å². The topological polar surface area (TPSA) is 27.0 Å². The van der Waals surface area contributed by atoms with Crippen molar-refractivity contribution in [3.05, 3.63) is 71.3 Å². The minimum absolute atomic E-state index is 0.208. The van der Waals surface area contributed by atoms with Crippen LogP contribution in [0.15, 0.2) is 48.5 Å². The van der Waals surface area contributed by atoms with Gasteiger partial charge in [-0.1, -0.05) is 49.2 Å². The number of hydrogen-bond donors (Lipinski definition) is 0. The van der Waals surface area contributed by atoms with Crippen LogP contribution < -0.4 is 0 Å². The van der Waals surface area contributed by atoms with Crippen molar-refractivity contribution in [3.8, 4) is 6.07 Å². The Morgan fingerprint density at radius 3 is 2.35 bits per heavy atom. The Morgan fingerprint density at radius 1 is 1.03 bits per heavy atom. The van der Waals surface area contributed by atoms with Crippen LogP contribution in [0.5, 0.6) is 0 Å². The van der Waals surface area contributed by atoms with E-state index in [9.17, 15) is 14.0 Å². The van der Waals surface area contributed by atoms with E-state index in [1.165, 1.54) is 17.7 Å². The summed E-state index contributed by atoms with van der Waals surface area (Å²) in [6, 6.07) is 17.5. The lowest BCUT2D eigenvalue weighted by Crippen LogP contribution is -2.37. The van der Waals surface area contributed by atoms with Crippen molar-refractivity contribution in [1.29, 1.82) is 5.26 Å². The van der Waals surface area contributed by atoms with Crippen LogP contribution in [-0.4, -0.2) is 24.0 Å². The molecule has 1 aliphatic carbocycles. The smallest absolute Gasteiger partial charge is 0.159 e. The number of halogens is 2. The SMILES string of the molecule is CC(C)N(CCCC(C#N)(c1ccc(F)c(F)c1)C1CCCC1)CCc1ccccc1. The van der Waals surface area contributed by atoms with Crippen molar-refractivity contribution < 1.29 is 8.78 Å². The third kappa shape index (κ3) is 5.71. The summed E-state index contributed by atoms with van der Waals surface area (Å²) in [6.45, 7) is 6.27. The molecule has 1 aliphatic rings. The van der Waals surface area contributed by atoms with Gasteiger partial charge >= 0.3 is 0 Å². The van der Waals surface area contributed by atoms with E-state index in [2.05, 4.69) is 49.1 Å². The molecular formula is C27H34F2N2. The monoisotopic (exact) mass is 424 g/mol. The minimum atomic E-state index is -0.859. The largest absolute Gasteiger partial charge is 0.301 e. The maximum Gasteiger partial charge on any atom is 0.159 e. The molecule has 31 heavy (non-hydrogen) atoms. The Balaban J connectivity index is 1.71. The van der Waals surface area contributed by atoms with Gasteiger partial charge < -0.3 is 4.90 Å². The van der Waals surface area contributed by atoms with Crippen LogP contribution in [0.3, 0.4) is 0 Å². The molecule has 166 valence electrons. The molecule has 3 rings (SSSR count). The highest BCUT2D eigenvalue weighted by Gasteiger charge is 2.42. The molecule has 2 aromatic rings. The summed E-state index contributed by atoms with van der Waals surface area (Å²) in [6.07, 6.45) is 6.70. The zero-order valence-corrected chi connectivity index (χ0v) is 18.8. The van der Waals surface area contributed by atoms with Gasteiger partial charge in [-0.05, 0) is 81.7 Å². The molecule has 0 spiro atoms. The lowest BCUT2D eigenvalue weighted by atomic mass is 9.67. The lowest BCUT2D eigenvalue weighted by Gasteiger charge is -2.35. The molecule has 0 radical (unpaired) electrons. The van der Waals surface area contributed by atoms with Gasteiger partial charge in [0.05, 0.1) is 11.5 Å². The van der Waals surface area contributed by atoms with Gasteiger partial charge in [0.15, 0.2) is 11.6 Å². The second kappa shape index (κ2) is 10.9. The number of nitriles is 1. The Morgan fingerprint density at radius 2 is 1.74 bits per heavy atom. The molecule has 0 aromatic heterocycles. The summed E-state index contributed by atoms with van der Waals surface area (Å²) in [4.78, 5) is 2.45. The summed E-state index contributed by atoms with van der Waals surface area (Å²) in [5.74, 6) is -1.50. The zero-order valence-electron chi connectivity index (χ0n) is 18.8. The molecule has 0 amide bonds. The second-order valence-corrected chi connectivity index (χ2v) is 9.16. The van der Waals surface area contributed by atoms with E-state index >= 15 is 0 Å². The highest BCUT2D eigenvalue weighted by atomic mass is 19.2. The van der Waals surface area contributed by atoms with Crippen LogP contribution in [0.4, 0.5) is 8.78 Å². The van der Waals surface area contributed by atoms with E-state index in [-0.39, 0.29) is 5.92 Å². The van der Waals surface area contributed by atoms with E-state index < -0.39 is 17.0 Å². The quantitative estimate of drug-likeness (QED) is 0.427. The Kier molecular flexibility index (Phi) is 8.21. The fraction of sp³-hybridized carbons (Fsp3) is 0.519. The van der Waals surface area contributed by atoms with Gasteiger partial charge in [-0.15, -0.1) is 0 Å². The first kappa shape index (κ1) is 23.4. The predicted octanol–water partition coefficient (Wildman–Crippen LogP) is 6.65. The van der Waals surface area contributed by atoms with Crippen molar-refractivity contribution >= 4 is 0 Å². The van der Waals surface area contributed by atoms with E-state index in [0.717, 1.165) is 51.6 Å². The molecule has 4 heteroatoms. The molecule has 0 N–H and O–H groups in total. The Bertz CT molecular complexity index is 869. The predicted molar refractivity (Wildman–Crippen MR) is 122 cm³/mol. The summed E-state index contributed by atoms with van der Waals surface area (Å²) in [5.41, 5.74) is 1.22. The molecule has 1 fully saturated rings. The van der Waals surface area contributed by atoms with Crippen molar-refractivity contribution in [2.45, 2.75) is 70.3 Å². The van der Waals surface area contributed by atoms with Crippen molar-refractivity contribution in [1.82, 2.24) is 4.90 Å². The first-order chi connectivity index (χ1) is 15.0. The Labute approximate surface area is 185 Å². The fourth-order valence-corrected chi connectivity index (χ4v) is 5.09. The highest BCUT2D eigenvalue weighted by molar-refractivity contribution is 5.35. The van der Waals surface area contributed by atoms with Gasteiger partial charge in [0.25, 0.3) is 0 Å². The lowest BCUT2D eigenvalue weighted by molar-refractivity contribution is 0.207. The zero-order chi connectivity index (χ0) is 22.3. The van der Waals surface area contributed by atoms with Crippen LogP contribution in [-0.2, 0) is 11.8 Å². The fourth-order valence-electron chi connectivity index (χ4n) is 5.09. The van der Waals surface area contributed by atoms with Gasteiger partial charge in [-0.2, -0.15) is 5.26 Å². The molecule has 1 unspecified atom stereocenters. The van der Waals surface area contributed by atoms with Gasteiger partial charge in [-0.25, -0.2) is 8.78 Å². The van der Waals surface area contributed by atoms with E-state index in [1.54, 1.807) is 6.07 Å². The number of nitrogens with zero attached hydrogens (tertiary/aromatic N) is 2. The molecule has 2 nitrogen and oxygen atoms in total. The summed E-state index contributed by atoms with van der Waals surface area (Å²) in [5, 5.41) is 10.3. The maximum atomic E-state index is 14.1. The molecule has 1 saturated carbocycles. The standard InChI is InChI=1S/C27H34F2N2/c1-21(2)31(18-15-22-9-4-3-5-10-22)17-8-16-27(20-30,23-11-6-7-12-23)24-13-14-25(28)26(29)19-24/h3-5,9-10,13-14,19,21,23H,6-8,11-12,15-18H2,1-2H3. The third-order valence-corrected chi connectivity index (χ3v) is 6.96. The van der Waals surface area contributed by atoms with Crippen LogP contribution >= 0.6 is 0 Å². The molecule has 1 atom stereocenters. The summed E-state index contributed by atoms with van der Waals surface area (Å²) < 4.78 is 27.6. The van der Waals surface area contributed by atoms with Crippen LogP contribution in [0, 0.1) is 28.9 Å². The van der Waals surface area contributed by atoms with Crippen LogP contribution in [0.2, 0.25) is 0 Å². The number of benzene rings is 2. The first-order valence-corrected chi connectivity index (χ1v) is 11.6. The molecule has 0 heterocycles. The summed E-state index contributed by atoms with van der Waals surface area (Å²) >= 11 is 0. The van der Waals surface area contributed by atoms with Crippen LogP contribution in [0.25, 0.3) is 0 Å². The molecular weight excluding hydrogens is 390 g/mol. The third-order valence-electron chi connectivity index (χ3n) is 6.96. The van der Waals surface area contributed by atoms with E-state index in [4.69, 9.17) is 0 Å². The average molecular weight is 425 g/mol. The minimum Gasteiger partial charge on any atom is -0.301 e. The molecule has 0 bridgehead atoms. The Hall–Kier alpha value is -2.25. The number of hydrogen-bond acceptors (Lipinski definition) is 2. The van der Waals surface area contributed by atoms with Gasteiger partial charge in [-0.3, -0.25) is 0 Å². The summed E-state index contributed by atoms with van der Waals surface area (Å²) in [7, 11) is 0. The average Bonchev–Trinajstić information content (AvgIpc) is 3.31. The second-order valence-electron chi connectivity index (χ2n) is 9.16. The normalized spacial score (nSPS) is 16.5. The maximum absolute atomic E-state index is 14.1. The van der Waals surface area contributed by atoms with Crippen molar-refractivity contribution in [3.63, 3.8) is 0 Å². The first-order valence-electron chi connectivity index (χ1n) is 11.6. The highest BCUT2D eigenvalue weighted by Crippen LogP contribution is 2.45. The van der Waals surface area contributed by atoms with Crippen molar-refractivity contribution in [2.24, 2.45) is 5.92 Å². The van der Waals surface area contributed by atoms with Gasteiger partial charge in [0.2, 0.25) is 0 Å². The van der Waals surface area contributed by atoms with E-state index in [1.807, 2.05) is 6.07 Å². The molecule has 0 saturated heterocycles. The van der Waals surface area contributed by atoms with Crippen molar-refractivity contribution in [2.75, 3.05) is 13.1 Å². The number of rotatable bonds is 10. The van der Waals surface area contributed by atoms with Crippen LogP contribution in [0.1, 0.15) is 63.5 Å². The molecule has 0 aliphatic heterocycles.